The van der Waals surface area contributed by atoms with Gasteiger partial charge in [0.05, 0.1) is 5.52 Å². The van der Waals surface area contributed by atoms with Crippen molar-refractivity contribution in [1.29, 1.82) is 0 Å². The minimum absolute atomic E-state index is 0.131. The predicted octanol–water partition coefficient (Wildman–Crippen LogP) is 1.58. The van der Waals surface area contributed by atoms with Crippen LogP contribution in [0.25, 0.3) is 10.9 Å². The van der Waals surface area contributed by atoms with E-state index in [1.165, 1.54) is 12.4 Å². The van der Waals surface area contributed by atoms with Crippen molar-refractivity contribution < 1.29 is 4.79 Å². The van der Waals surface area contributed by atoms with Crippen LogP contribution in [0.3, 0.4) is 0 Å². The monoisotopic (exact) mass is 293 g/mol. The maximum Gasteiger partial charge on any atom is 0.273 e. The highest BCUT2D eigenvalue weighted by molar-refractivity contribution is 5.96. The highest BCUT2D eigenvalue weighted by Gasteiger charge is 2.11. The molecule has 0 spiro atoms. The van der Waals surface area contributed by atoms with Crippen LogP contribution >= 0.6 is 0 Å². The molecule has 6 heteroatoms. The van der Waals surface area contributed by atoms with E-state index in [-0.39, 0.29) is 17.4 Å². The number of aromatic nitrogens is 3. The Bertz CT molecular complexity index is 813. The van der Waals surface area contributed by atoms with Gasteiger partial charge in [0.25, 0.3) is 5.91 Å². The zero-order valence-electron chi connectivity index (χ0n) is 11.9. The number of amides is 1. The maximum absolute atomic E-state index is 12.0. The largest absolute Gasteiger partial charge is 0.382 e. The molecule has 0 aliphatic carbocycles. The van der Waals surface area contributed by atoms with Crippen molar-refractivity contribution in [1.82, 2.24) is 20.3 Å². The lowest BCUT2D eigenvalue weighted by Gasteiger charge is -2.07. The van der Waals surface area contributed by atoms with Gasteiger partial charge in [-0.1, -0.05) is 24.3 Å². The first kappa shape index (κ1) is 13.9. The van der Waals surface area contributed by atoms with E-state index in [2.05, 4.69) is 20.3 Å². The second-order valence-electron chi connectivity index (χ2n) is 4.79. The van der Waals surface area contributed by atoms with Crippen molar-refractivity contribution in [2.45, 2.75) is 6.42 Å². The molecule has 110 valence electrons. The van der Waals surface area contributed by atoms with Gasteiger partial charge in [-0.3, -0.25) is 9.78 Å². The topological polar surface area (TPSA) is 93.8 Å². The summed E-state index contributed by atoms with van der Waals surface area (Å²) in [5.41, 5.74) is 7.83. The van der Waals surface area contributed by atoms with Gasteiger partial charge in [-0.2, -0.15) is 0 Å². The second kappa shape index (κ2) is 6.17. The Hall–Kier alpha value is -3.02. The number of rotatable bonds is 4. The quantitative estimate of drug-likeness (QED) is 0.761. The summed E-state index contributed by atoms with van der Waals surface area (Å²) in [5, 5.41) is 3.89. The van der Waals surface area contributed by atoms with E-state index < -0.39 is 0 Å². The lowest BCUT2D eigenvalue weighted by atomic mass is 10.1. The molecule has 0 radical (unpaired) electrons. The molecule has 3 aromatic rings. The molecule has 0 bridgehead atoms. The number of hydrogen-bond donors (Lipinski definition) is 2. The Kier molecular flexibility index (Phi) is 3.91. The van der Waals surface area contributed by atoms with E-state index in [9.17, 15) is 4.79 Å². The molecule has 0 atom stereocenters. The molecule has 1 amide bonds. The third-order valence-corrected chi connectivity index (χ3v) is 3.34. The van der Waals surface area contributed by atoms with Crippen LogP contribution in [-0.4, -0.2) is 27.4 Å². The molecule has 0 unspecified atom stereocenters. The van der Waals surface area contributed by atoms with E-state index in [1.807, 2.05) is 30.3 Å². The van der Waals surface area contributed by atoms with E-state index in [4.69, 9.17) is 5.73 Å². The Morgan fingerprint density at radius 2 is 1.86 bits per heavy atom. The smallest absolute Gasteiger partial charge is 0.273 e. The molecule has 2 aromatic heterocycles. The Balaban J connectivity index is 1.68. The van der Waals surface area contributed by atoms with Gasteiger partial charge in [-0.05, 0) is 18.1 Å². The Morgan fingerprint density at radius 1 is 1.05 bits per heavy atom. The summed E-state index contributed by atoms with van der Waals surface area (Å²) in [6, 6.07) is 9.94. The van der Waals surface area contributed by atoms with Gasteiger partial charge in [-0.25, -0.2) is 9.97 Å². The third kappa shape index (κ3) is 2.85. The highest BCUT2D eigenvalue weighted by atomic mass is 16.1. The van der Waals surface area contributed by atoms with E-state index >= 15 is 0 Å². The number of fused-ring (bicyclic) bond motifs is 1. The fourth-order valence-corrected chi connectivity index (χ4v) is 2.29. The van der Waals surface area contributed by atoms with Gasteiger partial charge >= 0.3 is 0 Å². The summed E-state index contributed by atoms with van der Waals surface area (Å²) < 4.78 is 0. The predicted molar refractivity (Wildman–Crippen MR) is 84.2 cm³/mol. The number of benzene rings is 1. The molecule has 0 aliphatic heterocycles. The number of pyridine rings is 1. The maximum atomic E-state index is 12.0. The van der Waals surface area contributed by atoms with E-state index in [0.29, 0.717) is 13.0 Å². The van der Waals surface area contributed by atoms with Crippen LogP contribution in [0.1, 0.15) is 16.1 Å². The number of carbonyl (C=O) groups is 1. The molecular formula is C16H15N5O. The summed E-state index contributed by atoms with van der Waals surface area (Å²) in [4.78, 5) is 24.2. The first-order valence-corrected chi connectivity index (χ1v) is 6.93. The average molecular weight is 293 g/mol. The standard InChI is InChI=1S/C16H15N5O/c17-15-14(19-9-10-20-15)16(22)21-8-6-12-4-1-3-11-5-2-7-18-13(11)12/h1-5,7,9-10H,6,8H2,(H2,17,20)(H,21,22). The molecule has 3 rings (SSSR count). The number of nitrogens with one attached hydrogen (secondary N) is 1. The lowest BCUT2D eigenvalue weighted by molar-refractivity contribution is 0.0950. The average Bonchev–Trinajstić information content (AvgIpc) is 2.55. The van der Waals surface area contributed by atoms with Crippen LogP contribution in [0.4, 0.5) is 5.82 Å². The number of carbonyl (C=O) groups excluding carboxylic acids is 1. The zero-order chi connectivity index (χ0) is 15.4. The number of nitrogens with zero attached hydrogens (tertiary/aromatic N) is 3. The number of para-hydroxylation sites is 1. The lowest BCUT2D eigenvalue weighted by Crippen LogP contribution is -2.27. The van der Waals surface area contributed by atoms with Crippen LogP contribution in [0.2, 0.25) is 0 Å². The minimum Gasteiger partial charge on any atom is -0.382 e. The second-order valence-corrected chi connectivity index (χ2v) is 4.79. The van der Waals surface area contributed by atoms with Crippen LogP contribution in [0.15, 0.2) is 48.9 Å². The molecular weight excluding hydrogens is 278 g/mol. The Labute approximate surface area is 127 Å². The van der Waals surface area contributed by atoms with Gasteiger partial charge < -0.3 is 11.1 Å². The Morgan fingerprint density at radius 3 is 2.73 bits per heavy atom. The summed E-state index contributed by atoms with van der Waals surface area (Å²) >= 11 is 0. The minimum atomic E-state index is -0.321. The summed E-state index contributed by atoms with van der Waals surface area (Å²) in [5.74, 6) is -0.189. The number of anilines is 1. The van der Waals surface area contributed by atoms with Gasteiger partial charge in [0, 0.05) is 30.5 Å². The molecule has 6 nitrogen and oxygen atoms in total. The third-order valence-electron chi connectivity index (χ3n) is 3.34. The van der Waals surface area contributed by atoms with Crippen LogP contribution in [0.5, 0.6) is 0 Å². The van der Waals surface area contributed by atoms with E-state index in [1.54, 1.807) is 6.20 Å². The fraction of sp³-hybridized carbons (Fsp3) is 0.125. The molecule has 3 N–H and O–H groups in total. The first-order valence-electron chi connectivity index (χ1n) is 6.93. The van der Waals surface area contributed by atoms with Crippen LogP contribution < -0.4 is 11.1 Å². The molecule has 1 aromatic carbocycles. The van der Waals surface area contributed by atoms with E-state index in [0.717, 1.165) is 16.5 Å². The zero-order valence-corrected chi connectivity index (χ0v) is 11.9. The molecule has 0 aliphatic rings. The van der Waals surface area contributed by atoms with Crippen molar-refractivity contribution in [3.8, 4) is 0 Å². The molecule has 0 saturated carbocycles. The molecule has 22 heavy (non-hydrogen) atoms. The highest BCUT2D eigenvalue weighted by Crippen LogP contribution is 2.16. The van der Waals surface area contributed by atoms with Crippen LogP contribution in [0, 0.1) is 0 Å². The van der Waals surface area contributed by atoms with Crippen molar-refractivity contribution in [3.63, 3.8) is 0 Å². The molecule has 0 saturated heterocycles. The SMILES string of the molecule is Nc1nccnc1C(=O)NCCc1cccc2cccnc12. The van der Waals surface area contributed by atoms with Crippen molar-refractivity contribution in [2.24, 2.45) is 0 Å². The number of nitrogen functional groups attached to an aromatic ring is 1. The van der Waals surface area contributed by atoms with Crippen molar-refractivity contribution >= 4 is 22.6 Å². The van der Waals surface area contributed by atoms with Gasteiger partial charge in [0.2, 0.25) is 0 Å². The van der Waals surface area contributed by atoms with Crippen LogP contribution in [-0.2, 0) is 6.42 Å². The number of hydrogen-bond acceptors (Lipinski definition) is 5. The molecule has 2 heterocycles. The first-order chi connectivity index (χ1) is 10.8. The van der Waals surface area contributed by atoms with Gasteiger partial charge in [0.15, 0.2) is 11.5 Å². The van der Waals surface area contributed by atoms with Gasteiger partial charge in [-0.15, -0.1) is 0 Å². The summed E-state index contributed by atoms with van der Waals surface area (Å²) in [6.07, 6.45) is 5.35. The summed E-state index contributed by atoms with van der Waals surface area (Å²) in [6.45, 7) is 0.477. The number of nitrogens with two attached hydrogens (primary N) is 1. The van der Waals surface area contributed by atoms with Crippen molar-refractivity contribution in [2.75, 3.05) is 12.3 Å². The summed E-state index contributed by atoms with van der Waals surface area (Å²) in [7, 11) is 0. The normalized spacial score (nSPS) is 10.5. The fourth-order valence-electron chi connectivity index (χ4n) is 2.29. The molecule has 0 fully saturated rings. The van der Waals surface area contributed by atoms with Crippen molar-refractivity contribution in [3.05, 3.63) is 60.2 Å². The van der Waals surface area contributed by atoms with Gasteiger partial charge in [0.1, 0.15) is 0 Å².